The minimum Gasteiger partial charge on any atom is -0.300 e. The van der Waals surface area contributed by atoms with Crippen LogP contribution < -0.4 is 0 Å². The number of nitriles is 1. The lowest BCUT2D eigenvalue weighted by atomic mass is 10.2. The molecule has 0 aromatic carbocycles. The lowest BCUT2D eigenvalue weighted by Gasteiger charge is -2.33. The van der Waals surface area contributed by atoms with Gasteiger partial charge in [-0.25, -0.2) is 0 Å². The van der Waals surface area contributed by atoms with E-state index in [0.29, 0.717) is 6.54 Å². The summed E-state index contributed by atoms with van der Waals surface area (Å²) in [5.41, 5.74) is 1.45. The van der Waals surface area contributed by atoms with Gasteiger partial charge in [-0.15, -0.1) is 0 Å². The monoisotopic (exact) mass is 235 g/mol. The van der Waals surface area contributed by atoms with Gasteiger partial charge in [0, 0.05) is 32.7 Å². The van der Waals surface area contributed by atoms with E-state index in [-0.39, 0.29) is 0 Å². The van der Waals surface area contributed by atoms with E-state index in [1.165, 1.54) is 5.56 Å². The Balaban J connectivity index is 1.68. The maximum absolute atomic E-state index is 8.61. The number of thiophene rings is 1. The fourth-order valence-electron chi connectivity index (χ4n) is 1.99. The normalized spacial score (nSPS) is 18.4. The molecule has 0 spiro atoms. The summed E-state index contributed by atoms with van der Waals surface area (Å²) in [7, 11) is 0. The SMILES string of the molecule is N#CCN1CCN(CCc2ccsc2)CC1. The lowest BCUT2D eigenvalue weighted by molar-refractivity contribution is 0.145. The second-order valence-electron chi connectivity index (χ2n) is 4.16. The second kappa shape index (κ2) is 6.00. The predicted molar refractivity (Wildman–Crippen MR) is 66.5 cm³/mol. The van der Waals surface area contributed by atoms with Crippen molar-refractivity contribution in [1.29, 1.82) is 5.26 Å². The summed E-state index contributed by atoms with van der Waals surface area (Å²) in [5.74, 6) is 0. The molecule has 16 heavy (non-hydrogen) atoms. The standard InChI is InChI=1S/C12H17N3S/c13-3-5-15-8-6-14(7-9-15)4-1-12-2-10-16-11-12/h2,10-11H,1,4-9H2. The van der Waals surface area contributed by atoms with Crippen molar-refractivity contribution in [2.45, 2.75) is 6.42 Å². The largest absolute Gasteiger partial charge is 0.300 e. The highest BCUT2D eigenvalue weighted by Gasteiger charge is 2.15. The molecule has 2 rings (SSSR count). The molecule has 3 nitrogen and oxygen atoms in total. The molecule has 1 saturated heterocycles. The highest BCUT2D eigenvalue weighted by atomic mass is 32.1. The van der Waals surface area contributed by atoms with Crippen molar-refractivity contribution in [3.05, 3.63) is 22.4 Å². The lowest BCUT2D eigenvalue weighted by Crippen LogP contribution is -2.46. The first-order valence-corrected chi connectivity index (χ1v) is 6.65. The molecule has 2 heterocycles. The van der Waals surface area contributed by atoms with Crippen LogP contribution in [0.1, 0.15) is 5.56 Å². The molecule has 0 amide bonds. The van der Waals surface area contributed by atoms with Crippen LogP contribution in [0.15, 0.2) is 16.8 Å². The molecule has 1 aliphatic heterocycles. The van der Waals surface area contributed by atoms with E-state index in [2.05, 4.69) is 32.7 Å². The summed E-state index contributed by atoms with van der Waals surface area (Å²) in [4.78, 5) is 4.71. The first kappa shape index (κ1) is 11.6. The molecule has 0 aliphatic carbocycles. The Bertz CT molecular complexity index is 334. The van der Waals surface area contributed by atoms with Gasteiger partial charge in [-0.3, -0.25) is 4.90 Å². The van der Waals surface area contributed by atoms with E-state index in [4.69, 9.17) is 5.26 Å². The molecule has 4 heteroatoms. The van der Waals surface area contributed by atoms with E-state index in [1.807, 2.05) is 0 Å². The summed E-state index contributed by atoms with van der Waals surface area (Å²) in [5, 5.41) is 13.0. The van der Waals surface area contributed by atoms with Crippen LogP contribution in [0.4, 0.5) is 0 Å². The molecule has 86 valence electrons. The van der Waals surface area contributed by atoms with Crippen LogP contribution in [-0.2, 0) is 6.42 Å². The highest BCUT2D eigenvalue weighted by molar-refractivity contribution is 7.07. The van der Waals surface area contributed by atoms with Crippen LogP contribution in [0.3, 0.4) is 0 Å². The second-order valence-corrected chi connectivity index (χ2v) is 4.94. The Kier molecular flexibility index (Phi) is 4.34. The van der Waals surface area contributed by atoms with Crippen molar-refractivity contribution in [3.8, 4) is 6.07 Å². The number of nitrogens with zero attached hydrogens (tertiary/aromatic N) is 3. The van der Waals surface area contributed by atoms with Gasteiger partial charge in [-0.05, 0) is 28.8 Å². The predicted octanol–water partition coefficient (Wildman–Crippen LogP) is 1.43. The minimum atomic E-state index is 0.582. The van der Waals surface area contributed by atoms with Gasteiger partial charge in [0.05, 0.1) is 12.6 Å². The van der Waals surface area contributed by atoms with Crippen LogP contribution in [-0.4, -0.2) is 49.1 Å². The van der Waals surface area contributed by atoms with Crippen LogP contribution in [0.2, 0.25) is 0 Å². The molecule has 0 atom stereocenters. The zero-order chi connectivity index (χ0) is 11.2. The molecule has 0 bridgehead atoms. The minimum absolute atomic E-state index is 0.582. The highest BCUT2D eigenvalue weighted by Crippen LogP contribution is 2.08. The maximum Gasteiger partial charge on any atom is 0.0866 e. The third-order valence-electron chi connectivity index (χ3n) is 3.06. The number of hydrogen-bond donors (Lipinski definition) is 0. The van der Waals surface area contributed by atoms with E-state index < -0.39 is 0 Å². The molecule has 0 saturated carbocycles. The van der Waals surface area contributed by atoms with Crippen molar-refractivity contribution in [2.75, 3.05) is 39.3 Å². The van der Waals surface area contributed by atoms with Crippen LogP contribution in [0.5, 0.6) is 0 Å². The van der Waals surface area contributed by atoms with E-state index in [1.54, 1.807) is 11.3 Å². The Hall–Kier alpha value is -0.890. The average Bonchev–Trinajstić information content (AvgIpc) is 2.82. The zero-order valence-corrected chi connectivity index (χ0v) is 10.2. The molecule has 1 aromatic rings. The Morgan fingerprint density at radius 3 is 2.62 bits per heavy atom. The van der Waals surface area contributed by atoms with Crippen molar-refractivity contribution in [3.63, 3.8) is 0 Å². The van der Waals surface area contributed by atoms with Gasteiger partial charge < -0.3 is 4.90 Å². The Morgan fingerprint density at radius 1 is 1.25 bits per heavy atom. The van der Waals surface area contributed by atoms with Crippen molar-refractivity contribution < 1.29 is 0 Å². The van der Waals surface area contributed by atoms with Gasteiger partial charge in [-0.2, -0.15) is 16.6 Å². The van der Waals surface area contributed by atoms with Gasteiger partial charge >= 0.3 is 0 Å². The summed E-state index contributed by atoms with van der Waals surface area (Å²) in [6.45, 7) is 6.02. The average molecular weight is 235 g/mol. The number of piperazine rings is 1. The van der Waals surface area contributed by atoms with E-state index >= 15 is 0 Å². The summed E-state index contributed by atoms with van der Waals surface area (Å²) >= 11 is 1.77. The van der Waals surface area contributed by atoms with Crippen LogP contribution in [0, 0.1) is 11.3 Å². The smallest absolute Gasteiger partial charge is 0.0866 e. The summed E-state index contributed by atoms with van der Waals surface area (Å²) in [6, 6.07) is 4.42. The first-order chi connectivity index (χ1) is 7.88. The fraction of sp³-hybridized carbons (Fsp3) is 0.583. The summed E-state index contributed by atoms with van der Waals surface area (Å²) in [6.07, 6.45) is 1.15. The van der Waals surface area contributed by atoms with Gasteiger partial charge in [-0.1, -0.05) is 0 Å². The number of rotatable bonds is 4. The van der Waals surface area contributed by atoms with Gasteiger partial charge in [0.25, 0.3) is 0 Å². The quantitative estimate of drug-likeness (QED) is 0.740. The van der Waals surface area contributed by atoms with E-state index in [9.17, 15) is 0 Å². The molecule has 1 aliphatic rings. The summed E-state index contributed by atoms with van der Waals surface area (Å²) < 4.78 is 0. The molecule has 0 unspecified atom stereocenters. The Morgan fingerprint density at radius 2 is 2.00 bits per heavy atom. The van der Waals surface area contributed by atoms with Crippen LogP contribution >= 0.6 is 11.3 Å². The maximum atomic E-state index is 8.61. The number of hydrogen-bond acceptors (Lipinski definition) is 4. The van der Waals surface area contributed by atoms with Crippen molar-refractivity contribution in [1.82, 2.24) is 9.80 Å². The topological polar surface area (TPSA) is 30.3 Å². The molecule has 0 N–H and O–H groups in total. The van der Waals surface area contributed by atoms with Gasteiger partial charge in [0.2, 0.25) is 0 Å². The van der Waals surface area contributed by atoms with Gasteiger partial charge in [0.1, 0.15) is 0 Å². The molecular weight excluding hydrogens is 218 g/mol. The zero-order valence-electron chi connectivity index (χ0n) is 9.43. The third kappa shape index (κ3) is 3.31. The first-order valence-electron chi connectivity index (χ1n) is 5.71. The molecule has 0 radical (unpaired) electrons. The molecule has 1 aromatic heterocycles. The third-order valence-corrected chi connectivity index (χ3v) is 3.79. The molecule has 1 fully saturated rings. The molecular formula is C12H17N3S. The van der Waals surface area contributed by atoms with Crippen LogP contribution in [0.25, 0.3) is 0 Å². The Labute approximate surface area is 101 Å². The van der Waals surface area contributed by atoms with Gasteiger partial charge in [0.15, 0.2) is 0 Å². The fourth-order valence-corrected chi connectivity index (χ4v) is 2.70. The van der Waals surface area contributed by atoms with Crippen molar-refractivity contribution in [2.24, 2.45) is 0 Å². The van der Waals surface area contributed by atoms with E-state index in [0.717, 1.165) is 39.1 Å². The van der Waals surface area contributed by atoms with Crippen molar-refractivity contribution >= 4 is 11.3 Å².